The molecule has 0 saturated carbocycles. The summed E-state index contributed by atoms with van der Waals surface area (Å²) in [5.74, 6) is 0.227. The van der Waals surface area contributed by atoms with Gasteiger partial charge in [0.1, 0.15) is 13.2 Å². The quantitative estimate of drug-likeness (QED) is 0.702. The first-order chi connectivity index (χ1) is 14.8. The zero-order valence-electron chi connectivity index (χ0n) is 16.8. The Morgan fingerprint density at radius 2 is 1.94 bits per heavy atom. The van der Waals surface area contributed by atoms with Crippen LogP contribution >= 0.6 is 11.8 Å². The molecule has 4 rings (SSSR count). The molecule has 0 spiro atoms. The standard InChI is InChI=1S/C21H22N2O6S2/c1-13-10-21(25)23-16-12-15(3-5-19(16)30-13)31(26,27)9-6-20(24)22-14-2-4-17-18(11-14)29-8-7-28-17/h2-5,11-13H,6-10H2,1H3,(H,22,24)(H,23,25). The summed E-state index contributed by atoms with van der Waals surface area (Å²) in [6.07, 6.45) is 0.160. The monoisotopic (exact) mass is 462 g/mol. The number of hydrogen-bond acceptors (Lipinski definition) is 7. The van der Waals surface area contributed by atoms with Gasteiger partial charge in [0.25, 0.3) is 0 Å². The highest BCUT2D eigenvalue weighted by Gasteiger charge is 2.23. The summed E-state index contributed by atoms with van der Waals surface area (Å²) in [4.78, 5) is 25.2. The number of carbonyl (C=O) groups excluding carboxylic acids is 2. The van der Waals surface area contributed by atoms with E-state index >= 15 is 0 Å². The minimum Gasteiger partial charge on any atom is -0.486 e. The number of rotatable bonds is 5. The Kier molecular flexibility index (Phi) is 6.10. The molecule has 0 fully saturated rings. The highest BCUT2D eigenvalue weighted by Crippen LogP contribution is 2.36. The third kappa shape index (κ3) is 5.13. The SMILES string of the molecule is CC1CC(=O)Nc2cc(S(=O)(=O)CCC(=O)Nc3ccc4c(c3)OCCO4)ccc2S1. The first kappa shape index (κ1) is 21.5. The van der Waals surface area contributed by atoms with Crippen molar-refractivity contribution in [3.63, 3.8) is 0 Å². The van der Waals surface area contributed by atoms with Crippen molar-refractivity contribution in [2.45, 2.75) is 34.8 Å². The maximum atomic E-state index is 12.8. The normalized spacial score (nSPS) is 17.8. The molecule has 2 aliphatic heterocycles. The van der Waals surface area contributed by atoms with Gasteiger partial charge in [-0.3, -0.25) is 9.59 Å². The molecule has 1 atom stereocenters. The van der Waals surface area contributed by atoms with E-state index in [4.69, 9.17) is 9.47 Å². The van der Waals surface area contributed by atoms with E-state index in [1.54, 1.807) is 24.3 Å². The number of hydrogen-bond donors (Lipinski definition) is 2. The molecular weight excluding hydrogens is 440 g/mol. The van der Waals surface area contributed by atoms with Crippen LogP contribution < -0.4 is 20.1 Å². The highest BCUT2D eigenvalue weighted by atomic mass is 32.2. The zero-order chi connectivity index (χ0) is 22.0. The van der Waals surface area contributed by atoms with Crippen molar-refractivity contribution in [1.29, 1.82) is 0 Å². The summed E-state index contributed by atoms with van der Waals surface area (Å²) in [7, 11) is -3.70. The van der Waals surface area contributed by atoms with Crippen LogP contribution in [0.15, 0.2) is 46.2 Å². The molecule has 8 nitrogen and oxygen atoms in total. The Morgan fingerprint density at radius 3 is 2.74 bits per heavy atom. The molecule has 0 bridgehead atoms. The van der Waals surface area contributed by atoms with Crippen LogP contribution in [0.1, 0.15) is 19.8 Å². The maximum absolute atomic E-state index is 12.8. The van der Waals surface area contributed by atoms with Crippen molar-refractivity contribution in [1.82, 2.24) is 0 Å². The van der Waals surface area contributed by atoms with Gasteiger partial charge in [-0.15, -0.1) is 11.8 Å². The lowest BCUT2D eigenvalue weighted by Crippen LogP contribution is -2.19. The minimum absolute atomic E-state index is 0.0776. The smallest absolute Gasteiger partial charge is 0.225 e. The third-order valence-corrected chi connectivity index (χ3v) is 7.70. The van der Waals surface area contributed by atoms with E-state index < -0.39 is 15.7 Å². The van der Waals surface area contributed by atoms with Crippen molar-refractivity contribution in [3.05, 3.63) is 36.4 Å². The zero-order valence-corrected chi connectivity index (χ0v) is 18.5. The molecule has 2 aromatic carbocycles. The van der Waals surface area contributed by atoms with Crippen LogP contribution in [0.25, 0.3) is 0 Å². The van der Waals surface area contributed by atoms with E-state index in [0.29, 0.717) is 42.5 Å². The van der Waals surface area contributed by atoms with Crippen LogP contribution in [0.3, 0.4) is 0 Å². The molecule has 0 aliphatic carbocycles. The Hall–Kier alpha value is -2.72. The van der Waals surface area contributed by atoms with E-state index in [1.807, 2.05) is 6.92 Å². The molecule has 2 N–H and O–H groups in total. The van der Waals surface area contributed by atoms with Crippen LogP contribution in [-0.2, 0) is 19.4 Å². The average molecular weight is 463 g/mol. The summed E-state index contributed by atoms with van der Waals surface area (Å²) in [5, 5.41) is 5.55. The number of anilines is 2. The van der Waals surface area contributed by atoms with E-state index in [1.165, 1.54) is 23.9 Å². The van der Waals surface area contributed by atoms with Gasteiger partial charge in [0.15, 0.2) is 21.3 Å². The molecule has 0 radical (unpaired) electrons. The van der Waals surface area contributed by atoms with Gasteiger partial charge in [0.05, 0.1) is 16.3 Å². The molecule has 31 heavy (non-hydrogen) atoms. The van der Waals surface area contributed by atoms with Gasteiger partial charge in [-0.1, -0.05) is 6.92 Å². The predicted octanol–water partition coefficient (Wildman–Crippen LogP) is 3.08. The molecule has 0 aromatic heterocycles. The summed E-state index contributed by atoms with van der Waals surface area (Å²) >= 11 is 1.52. The minimum atomic E-state index is -3.70. The van der Waals surface area contributed by atoms with Crippen LogP contribution in [0, 0.1) is 0 Å². The number of thioether (sulfide) groups is 1. The molecular formula is C21H22N2O6S2. The van der Waals surface area contributed by atoms with Gasteiger partial charge < -0.3 is 20.1 Å². The fourth-order valence-electron chi connectivity index (χ4n) is 3.31. The maximum Gasteiger partial charge on any atom is 0.225 e. The second-order valence-corrected chi connectivity index (χ2v) is 10.9. The summed E-state index contributed by atoms with van der Waals surface area (Å²) in [6, 6.07) is 9.70. The summed E-state index contributed by atoms with van der Waals surface area (Å²) in [5.41, 5.74) is 0.992. The topological polar surface area (TPSA) is 111 Å². The van der Waals surface area contributed by atoms with Crippen molar-refractivity contribution in [2.24, 2.45) is 0 Å². The third-order valence-electron chi connectivity index (χ3n) is 4.81. The van der Waals surface area contributed by atoms with Crippen molar-refractivity contribution in [2.75, 3.05) is 29.6 Å². The largest absolute Gasteiger partial charge is 0.486 e. The van der Waals surface area contributed by atoms with E-state index in [2.05, 4.69) is 10.6 Å². The fourth-order valence-corrected chi connectivity index (χ4v) is 5.63. The van der Waals surface area contributed by atoms with Crippen molar-refractivity contribution >= 4 is 44.8 Å². The van der Waals surface area contributed by atoms with E-state index in [9.17, 15) is 18.0 Å². The highest BCUT2D eigenvalue weighted by molar-refractivity contribution is 8.00. The molecule has 164 valence electrons. The fraction of sp³-hybridized carbons (Fsp3) is 0.333. The average Bonchev–Trinajstić information content (AvgIpc) is 2.87. The molecule has 10 heteroatoms. The molecule has 2 amide bonds. The van der Waals surface area contributed by atoms with Crippen molar-refractivity contribution < 1.29 is 27.5 Å². The molecule has 1 unspecified atom stereocenters. The molecule has 0 saturated heterocycles. The number of ether oxygens (including phenoxy) is 2. The Morgan fingerprint density at radius 1 is 1.16 bits per heavy atom. The molecule has 2 aromatic rings. The van der Waals surface area contributed by atoms with E-state index in [-0.39, 0.29) is 28.2 Å². The lowest BCUT2D eigenvalue weighted by Gasteiger charge is -2.19. The number of nitrogens with one attached hydrogen (secondary N) is 2. The number of amides is 2. The number of benzene rings is 2. The van der Waals surface area contributed by atoms with E-state index in [0.717, 1.165) is 4.90 Å². The van der Waals surface area contributed by atoms with Gasteiger partial charge in [-0.05, 0) is 30.3 Å². The van der Waals surface area contributed by atoms with Crippen LogP contribution in [0.2, 0.25) is 0 Å². The van der Waals surface area contributed by atoms with Crippen LogP contribution in [0.5, 0.6) is 11.5 Å². The number of fused-ring (bicyclic) bond motifs is 2. The van der Waals surface area contributed by atoms with Gasteiger partial charge >= 0.3 is 0 Å². The first-order valence-electron chi connectivity index (χ1n) is 9.83. The second kappa shape index (κ2) is 8.80. The van der Waals surface area contributed by atoms with Gasteiger partial charge in [0, 0.05) is 34.7 Å². The van der Waals surface area contributed by atoms with Crippen LogP contribution in [-0.4, -0.2) is 44.4 Å². The lowest BCUT2D eigenvalue weighted by molar-refractivity contribution is -0.116. The summed E-state index contributed by atoms with van der Waals surface area (Å²) < 4.78 is 36.4. The molecule has 2 heterocycles. The Bertz CT molecular complexity index is 1130. The first-order valence-corrected chi connectivity index (χ1v) is 12.4. The number of sulfone groups is 1. The lowest BCUT2D eigenvalue weighted by atomic mass is 10.2. The summed E-state index contributed by atoms with van der Waals surface area (Å²) in [6.45, 7) is 2.85. The second-order valence-electron chi connectivity index (χ2n) is 7.31. The van der Waals surface area contributed by atoms with Gasteiger partial charge in [-0.2, -0.15) is 0 Å². The number of carbonyl (C=O) groups is 2. The Labute approximate surface area is 184 Å². The molecule has 2 aliphatic rings. The Balaban J connectivity index is 1.41. The van der Waals surface area contributed by atoms with Crippen molar-refractivity contribution in [3.8, 4) is 11.5 Å². The predicted molar refractivity (Wildman–Crippen MR) is 118 cm³/mol. The van der Waals surface area contributed by atoms with Gasteiger partial charge in [-0.25, -0.2) is 8.42 Å². The van der Waals surface area contributed by atoms with Gasteiger partial charge in [0.2, 0.25) is 11.8 Å². The van der Waals surface area contributed by atoms with Crippen LogP contribution in [0.4, 0.5) is 11.4 Å².